The zero-order valence-electron chi connectivity index (χ0n) is 9.40. The summed E-state index contributed by atoms with van der Waals surface area (Å²) in [5.74, 6) is 0.468. The summed E-state index contributed by atoms with van der Waals surface area (Å²) >= 11 is 0. The van der Waals surface area contributed by atoms with Crippen molar-refractivity contribution in [1.82, 2.24) is 4.98 Å². The molecule has 2 N–H and O–H groups in total. The van der Waals surface area contributed by atoms with E-state index in [0.29, 0.717) is 11.6 Å². The molecule has 0 fully saturated rings. The van der Waals surface area contributed by atoms with Crippen molar-refractivity contribution < 1.29 is 4.74 Å². The Hall–Kier alpha value is -2.03. The lowest BCUT2D eigenvalue weighted by molar-refractivity contribution is 0.400. The maximum Gasteiger partial charge on any atom is 0.236 e. The Labute approximate surface area is 94.9 Å². The minimum Gasteiger partial charge on any atom is -0.480 e. The monoisotopic (exact) mass is 214 g/mol. The van der Waals surface area contributed by atoms with E-state index in [2.05, 4.69) is 36.2 Å². The number of nitrogen functional groups attached to an aromatic ring is 1. The van der Waals surface area contributed by atoms with Crippen LogP contribution >= 0.6 is 0 Å². The molecular formula is C13H14N2O. The van der Waals surface area contributed by atoms with Crippen LogP contribution in [0.1, 0.15) is 5.56 Å². The second-order valence-corrected chi connectivity index (χ2v) is 3.69. The molecule has 0 aliphatic heterocycles. The van der Waals surface area contributed by atoms with Crippen molar-refractivity contribution in [2.24, 2.45) is 0 Å². The highest BCUT2D eigenvalue weighted by Gasteiger charge is 2.03. The molecule has 1 heterocycles. The molecule has 0 saturated carbocycles. The summed E-state index contributed by atoms with van der Waals surface area (Å²) < 4.78 is 5.02. The van der Waals surface area contributed by atoms with E-state index in [-0.39, 0.29) is 0 Å². The second-order valence-electron chi connectivity index (χ2n) is 3.69. The van der Waals surface area contributed by atoms with Gasteiger partial charge in [-0.1, -0.05) is 29.8 Å². The van der Waals surface area contributed by atoms with Crippen molar-refractivity contribution in [2.45, 2.75) is 6.92 Å². The lowest BCUT2D eigenvalue weighted by Crippen LogP contribution is -1.95. The van der Waals surface area contributed by atoms with Gasteiger partial charge in [-0.05, 0) is 18.6 Å². The zero-order valence-corrected chi connectivity index (χ0v) is 9.40. The lowest BCUT2D eigenvalue weighted by Gasteiger charge is -2.06. The molecule has 0 unspecified atom stereocenters. The molecule has 2 rings (SSSR count). The van der Waals surface area contributed by atoms with Crippen LogP contribution in [-0.2, 0) is 0 Å². The molecule has 3 nitrogen and oxygen atoms in total. The third-order valence-corrected chi connectivity index (χ3v) is 2.46. The van der Waals surface area contributed by atoms with Crippen molar-refractivity contribution in [3.63, 3.8) is 0 Å². The first-order valence-electron chi connectivity index (χ1n) is 5.07. The van der Waals surface area contributed by atoms with E-state index in [4.69, 9.17) is 10.5 Å². The zero-order chi connectivity index (χ0) is 11.5. The van der Waals surface area contributed by atoms with Gasteiger partial charge in [0.1, 0.15) is 0 Å². The third kappa shape index (κ3) is 1.98. The molecule has 0 atom stereocenters. The number of nitrogens with two attached hydrogens (primary N) is 1. The molecule has 1 aromatic heterocycles. The van der Waals surface area contributed by atoms with Crippen molar-refractivity contribution in [3.8, 4) is 17.0 Å². The van der Waals surface area contributed by atoms with E-state index in [0.717, 1.165) is 11.1 Å². The SMILES string of the molecule is COc1ncc(-c2ccc(C)cc2)cc1N. The van der Waals surface area contributed by atoms with Crippen LogP contribution in [0.3, 0.4) is 0 Å². The highest BCUT2D eigenvalue weighted by atomic mass is 16.5. The number of hydrogen-bond acceptors (Lipinski definition) is 3. The van der Waals surface area contributed by atoms with E-state index in [1.807, 2.05) is 6.07 Å². The van der Waals surface area contributed by atoms with Crippen LogP contribution in [0.2, 0.25) is 0 Å². The Bertz CT molecular complexity index is 492. The van der Waals surface area contributed by atoms with Crippen molar-refractivity contribution in [3.05, 3.63) is 42.1 Å². The Morgan fingerprint density at radius 2 is 1.81 bits per heavy atom. The normalized spacial score (nSPS) is 10.1. The number of anilines is 1. The maximum absolute atomic E-state index is 5.81. The molecular weight excluding hydrogens is 200 g/mol. The molecule has 0 aliphatic rings. The molecule has 16 heavy (non-hydrogen) atoms. The summed E-state index contributed by atoms with van der Waals surface area (Å²) in [4.78, 5) is 4.15. The van der Waals surface area contributed by atoms with Crippen LogP contribution in [0.25, 0.3) is 11.1 Å². The standard InChI is InChI=1S/C13H14N2O/c1-9-3-5-10(6-4-9)11-7-12(14)13(16-2)15-8-11/h3-8H,14H2,1-2H3. The van der Waals surface area contributed by atoms with Gasteiger partial charge in [0.15, 0.2) is 0 Å². The first-order chi connectivity index (χ1) is 7.70. The van der Waals surface area contributed by atoms with Crippen LogP contribution in [0.4, 0.5) is 5.69 Å². The molecule has 0 spiro atoms. The quantitative estimate of drug-likeness (QED) is 0.836. The molecule has 0 amide bonds. The van der Waals surface area contributed by atoms with Crippen LogP contribution in [-0.4, -0.2) is 12.1 Å². The van der Waals surface area contributed by atoms with Gasteiger partial charge in [-0.2, -0.15) is 0 Å². The predicted molar refractivity (Wildman–Crippen MR) is 65.4 cm³/mol. The van der Waals surface area contributed by atoms with Gasteiger partial charge in [0.25, 0.3) is 0 Å². The third-order valence-electron chi connectivity index (χ3n) is 2.46. The van der Waals surface area contributed by atoms with Crippen LogP contribution in [0, 0.1) is 6.92 Å². The number of nitrogens with zero attached hydrogens (tertiary/aromatic N) is 1. The van der Waals surface area contributed by atoms with Gasteiger partial charge in [0.05, 0.1) is 12.8 Å². The van der Waals surface area contributed by atoms with Crippen LogP contribution in [0.5, 0.6) is 5.88 Å². The molecule has 2 aromatic rings. The number of hydrogen-bond donors (Lipinski definition) is 1. The lowest BCUT2D eigenvalue weighted by atomic mass is 10.1. The fourth-order valence-corrected chi connectivity index (χ4v) is 1.54. The maximum atomic E-state index is 5.81. The van der Waals surface area contributed by atoms with Gasteiger partial charge in [0, 0.05) is 11.8 Å². The van der Waals surface area contributed by atoms with Crippen LogP contribution in [0.15, 0.2) is 36.5 Å². The number of benzene rings is 1. The summed E-state index contributed by atoms with van der Waals surface area (Å²) in [6.07, 6.45) is 1.76. The summed E-state index contributed by atoms with van der Waals surface area (Å²) in [5, 5.41) is 0. The Morgan fingerprint density at radius 1 is 1.12 bits per heavy atom. The number of pyridine rings is 1. The fraction of sp³-hybridized carbons (Fsp3) is 0.154. The van der Waals surface area contributed by atoms with E-state index >= 15 is 0 Å². The molecule has 1 aromatic carbocycles. The van der Waals surface area contributed by atoms with Gasteiger partial charge in [-0.25, -0.2) is 4.98 Å². The average molecular weight is 214 g/mol. The molecule has 0 aliphatic carbocycles. The van der Waals surface area contributed by atoms with Gasteiger partial charge in [-0.3, -0.25) is 0 Å². The Balaban J connectivity index is 2.41. The summed E-state index contributed by atoms with van der Waals surface area (Å²) in [7, 11) is 1.56. The van der Waals surface area contributed by atoms with Crippen molar-refractivity contribution in [2.75, 3.05) is 12.8 Å². The van der Waals surface area contributed by atoms with E-state index in [1.165, 1.54) is 5.56 Å². The summed E-state index contributed by atoms with van der Waals surface area (Å²) in [5.41, 5.74) is 9.70. The number of methoxy groups -OCH3 is 1. The number of rotatable bonds is 2. The Morgan fingerprint density at radius 3 is 2.38 bits per heavy atom. The van der Waals surface area contributed by atoms with E-state index < -0.39 is 0 Å². The van der Waals surface area contributed by atoms with Crippen molar-refractivity contribution in [1.29, 1.82) is 0 Å². The highest BCUT2D eigenvalue weighted by Crippen LogP contribution is 2.25. The first-order valence-corrected chi connectivity index (χ1v) is 5.07. The molecule has 0 radical (unpaired) electrons. The predicted octanol–water partition coefficient (Wildman–Crippen LogP) is 2.65. The van der Waals surface area contributed by atoms with Gasteiger partial charge in [0.2, 0.25) is 5.88 Å². The van der Waals surface area contributed by atoms with Crippen LogP contribution < -0.4 is 10.5 Å². The van der Waals surface area contributed by atoms with Gasteiger partial charge < -0.3 is 10.5 Å². The minimum atomic E-state index is 0.468. The fourth-order valence-electron chi connectivity index (χ4n) is 1.54. The van der Waals surface area contributed by atoms with Gasteiger partial charge >= 0.3 is 0 Å². The van der Waals surface area contributed by atoms with E-state index in [9.17, 15) is 0 Å². The Kier molecular flexibility index (Phi) is 2.77. The molecule has 3 heteroatoms. The molecule has 0 saturated heterocycles. The van der Waals surface area contributed by atoms with E-state index in [1.54, 1.807) is 13.3 Å². The highest BCUT2D eigenvalue weighted by molar-refractivity contribution is 5.68. The summed E-state index contributed by atoms with van der Waals surface area (Å²) in [6, 6.07) is 10.1. The van der Waals surface area contributed by atoms with Crippen molar-refractivity contribution >= 4 is 5.69 Å². The largest absolute Gasteiger partial charge is 0.480 e. The first kappa shape index (κ1) is 10.5. The summed E-state index contributed by atoms with van der Waals surface area (Å²) in [6.45, 7) is 2.06. The number of ether oxygens (including phenoxy) is 1. The molecule has 0 bridgehead atoms. The number of aromatic nitrogens is 1. The van der Waals surface area contributed by atoms with Gasteiger partial charge in [-0.15, -0.1) is 0 Å². The number of aryl methyl sites for hydroxylation is 1. The minimum absolute atomic E-state index is 0.468. The molecule has 82 valence electrons. The average Bonchev–Trinajstić information content (AvgIpc) is 2.30. The topological polar surface area (TPSA) is 48.1 Å². The smallest absolute Gasteiger partial charge is 0.236 e. The second kappa shape index (κ2) is 4.23.